The number of aromatic amines is 1. The Morgan fingerprint density at radius 2 is 1.91 bits per heavy atom. The quantitative estimate of drug-likeness (QED) is 0.261. The van der Waals surface area contributed by atoms with E-state index in [1.165, 1.54) is 6.20 Å². The number of amides is 1. The molecule has 3 aromatic rings. The van der Waals surface area contributed by atoms with Crippen molar-refractivity contribution in [2.45, 2.75) is 25.4 Å². The summed E-state index contributed by atoms with van der Waals surface area (Å²) in [6, 6.07) is 5.60. The third kappa shape index (κ3) is 5.56. The smallest absolute Gasteiger partial charge is 0.303 e. The van der Waals surface area contributed by atoms with Crippen LogP contribution in [-0.2, 0) is 11.3 Å². The number of hydrogen-bond acceptors (Lipinski definition) is 9. The molecule has 0 aliphatic carbocycles. The maximum absolute atomic E-state index is 12.4. The normalized spacial score (nSPS) is 11.6. The summed E-state index contributed by atoms with van der Waals surface area (Å²) < 4.78 is 0. The van der Waals surface area contributed by atoms with Gasteiger partial charge in [0.2, 0.25) is 5.95 Å². The Labute approximate surface area is 181 Å². The Hall–Kier alpha value is -4.48. The van der Waals surface area contributed by atoms with Crippen LogP contribution in [0.3, 0.4) is 0 Å². The van der Waals surface area contributed by atoms with E-state index in [1.807, 2.05) is 0 Å². The Morgan fingerprint density at radius 1 is 1.19 bits per heavy atom. The van der Waals surface area contributed by atoms with Crippen LogP contribution in [0, 0.1) is 0 Å². The number of benzene rings is 1. The Kier molecular flexibility index (Phi) is 6.63. The minimum atomic E-state index is -1.04. The van der Waals surface area contributed by atoms with Gasteiger partial charge in [-0.15, -0.1) is 0 Å². The third-order valence-corrected chi connectivity index (χ3v) is 4.46. The average Bonchev–Trinajstić information content (AvgIpc) is 2.75. The molecule has 0 saturated carbocycles. The molecule has 166 valence electrons. The molecule has 0 radical (unpaired) electrons. The van der Waals surface area contributed by atoms with Crippen molar-refractivity contribution in [2.24, 2.45) is 0 Å². The van der Waals surface area contributed by atoms with Crippen LogP contribution < -0.4 is 21.9 Å². The fraction of sp³-hybridized carbons (Fsp3) is 0.200. The van der Waals surface area contributed by atoms with E-state index in [4.69, 9.17) is 10.8 Å². The number of aliphatic carboxylic acids is 1. The maximum atomic E-state index is 12.4. The molecular formula is C20H21N7O5. The minimum Gasteiger partial charge on any atom is -0.511 e. The van der Waals surface area contributed by atoms with Gasteiger partial charge >= 0.3 is 5.97 Å². The van der Waals surface area contributed by atoms with E-state index in [0.717, 1.165) is 0 Å². The van der Waals surface area contributed by atoms with E-state index in [9.17, 15) is 19.5 Å². The second-order valence-corrected chi connectivity index (χ2v) is 6.87. The number of aromatic nitrogens is 4. The number of nitrogens with zero attached hydrogens (tertiary/aromatic N) is 3. The maximum Gasteiger partial charge on any atom is 0.303 e. The largest absolute Gasteiger partial charge is 0.511 e. The lowest BCUT2D eigenvalue weighted by molar-refractivity contribution is -0.137. The standard InChI is InChI=1S/C20H21N7O5/c1-10(28)14(6-7-15(29)30)25-18(31)11-2-4-12(5-3-11)22-8-13-9-23-17-16(24-13)19(32)27-20(21)26-17/h2-5,9,14,22,28H,1,6-8H2,(H,25,31)(H,29,30)(H3,21,23,26,27,32)/t14-/m0/s1. The van der Waals surface area contributed by atoms with Gasteiger partial charge in [-0.05, 0) is 30.7 Å². The average molecular weight is 439 g/mol. The van der Waals surface area contributed by atoms with Gasteiger partial charge in [0.25, 0.3) is 11.5 Å². The van der Waals surface area contributed by atoms with Crippen molar-refractivity contribution in [3.63, 3.8) is 0 Å². The number of anilines is 2. The van der Waals surface area contributed by atoms with Crippen molar-refractivity contribution in [2.75, 3.05) is 11.1 Å². The number of H-pyrrole nitrogens is 1. The topological polar surface area (TPSA) is 196 Å². The van der Waals surface area contributed by atoms with Gasteiger partial charge in [0.15, 0.2) is 11.2 Å². The van der Waals surface area contributed by atoms with Gasteiger partial charge in [0, 0.05) is 17.7 Å². The summed E-state index contributed by atoms with van der Waals surface area (Å²) in [5.41, 5.74) is 6.73. The summed E-state index contributed by atoms with van der Waals surface area (Å²) in [6.45, 7) is 3.64. The van der Waals surface area contributed by atoms with Crippen LogP contribution in [-0.4, -0.2) is 48.1 Å². The summed E-state index contributed by atoms with van der Waals surface area (Å²) in [6.07, 6.45) is 1.27. The number of aliphatic hydroxyl groups excluding tert-OH is 1. The summed E-state index contributed by atoms with van der Waals surface area (Å²) in [7, 11) is 0. The fourth-order valence-corrected chi connectivity index (χ4v) is 2.82. The molecule has 0 aliphatic heterocycles. The molecule has 12 nitrogen and oxygen atoms in total. The highest BCUT2D eigenvalue weighted by Gasteiger charge is 2.17. The Balaban J connectivity index is 1.62. The van der Waals surface area contributed by atoms with E-state index in [-0.39, 0.29) is 42.3 Å². The van der Waals surface area contributed by atoms with E-state index in [2.05, 4.69) is 37.1 Å². The van der Waals surface area contributed by atoms with Gasteiger partial charge < -0.3 is 26.6 Å². The van der Waals surface area contributed by atoms with Gasteiger partial charge in [-0.3, -0.25) is 19.4 Å². The monoisotopic (exact) mass is 439 g/mol. The van der Waals surface area contributed by atoms with Crippen molar-refractivity contribution < 1.29 is 19.8 Å². The predicted molar refractivity (Wildman–Crippen MR) is 116 cm³/mol. The minimum absolute atomic E-state index is 0.0216. The van der Waals surface area contributed by atoms with Crippen molar-refractivity contribution in [3.8, 4) is 0 Å². The molecule has 7 N–H and O–H groups in total. The molecular weight excluding hydrogens is 418 g/mol. The number of carbonyl (C=O) groups excluding carboxylic acids is 1. The number of nitrogens with two attached hydrogens (primary N) is 1. The predicted octanol–water partition coefficient (Wildman–Crippen LogP) is 0.942. The van der Waals surface area contributed by atoms with Crippen LogP contribution in [0.2, 0.25) is 0 Å². The lowest BCUT2D eigenvalue weighted by Gasteiger charge is -2.17. The first-order valence-corrected chi connectivity index (χ1v) is 9.48. The molecule has 0 saturated heterocycles. The van der Waals surface area contributed by atoms with E-state index < -0.39 is 23.5 Å². The first-order valence-electron chi connectivity index (χ1n) is 9.48. The molecule has 2 heterocycles. The first-order chi connectivity index (χ1) is 15.2. The number of nitrogens with one attached hydrogen (secondary N) is 3. The lowest BCUT2D eigenvalue weighted by Crippen LogP contribution is -2.36. The van der Waals surface area contributed by atoms with Crippen molar-refractivity contribution in [3.05, 3.63) is 64.4 Å². The van der Waals surface area contributed by atoms with Crippen LogP contribution >= 0.6 is 0 Å². The number of hydrogen-bond donors (Lipinski definition) is 6. The summed E-state index contributed by atoms with van der Waals surface area (Å²) >= 11 is 0. The second kappa shape index (κ2) is 9.55. The highest BCUT2D eigenvalue weighted by molar-refractivity contribution is 5.94. The molecule has 0 aliphatic rings. The van der Waals surface area contributed by atoms with E-state index in [0.29, 0.717) is 16.9 Å². The third-order valence-electron chi connectivity index (χ3n) is 4.46. The van der Waals surface area contributed by atoms with Gasteiger partial charge in [0.05, 0.1) is 24.5 Å². The number of nitrogen functional groups attached to an aromatic ring is 1. The Morgan fingerprint density at radius 3 is 2.56 bits per heavy atom. The highest BCUT2D eigenvalue weighted by Crippen LogP contribution is 2.13. The zero-order chi connectivity index (χ0) is 23.3. The SMILES string of the molecule is C=C(O)[C@H](CCC(=O)O)NC(=O)c1ccc(NCc2cnc3nc(N)[nH]c(=O)c3n2)cc1. The number of carboxylic acids is 1. The molecule has 1 atom stereocenters. The van der Waals surface area contributed by atoms with Gasteiger partial charge in [0.1, 0.15) is 5.76 Å². The number of fused-ring (bicyclic) bond motifs is 1. The van der Waals surface area contributed by atoms with E-state index in [1.54, 1.807) is 24.3 Å². The zero-order valence-corrected chi connectivity index (χ0v) is 16.8. The van der Waals surface area contributed by atoms with Crippen LogP contribution in [0.5, 0.6) is 0 Å². The van der Waals surface area contributed by atoms with Gasteiger partial charge in [-0.1, -0.05) is 6.58 Å². The molecule has 0 spiro atoms. The molecule has 3 rings (SSSR count). The molecule has 2 aromatic heterocycles. The zero-order valence-electron chi connectivity index (χ0n) is 16.8. The molecule has 1 amide bonds. The number of rotatable bonds is 9. The van der Waals surface area contributed by atoms with Crippen LogP contribution in [0.4, 0.5) is 11.6 Å². The van der Waals surface area contributed by atoms with Gasteiger partial charge in [-0.2, -0.15) is 4.98 Å². The Bertz CT molecular complexity index is 1220. The molecule has 1 aromatic carbocycles. The van der Waals surface area contributed by atoms with Crippen LogP contribution in [0.15, 0.2) is 47.6 Å². The number of carboxylic acid groups (broad SMARTS) is 1. The van der Waals surface area contributed by atoms with Crippen molar-refractivity contribution in [1.29, 1.82) is 0 Å². The molecule has 0 bridgehead atoms. The van der Waals surface area contributed by atoms with Crippen molar-refractivity contribution in [1.82, 2.24) is 25.3 Å². The second-order valence-electron chi connectivity index (χ2n) is 6.87. The fourth-order valence-electron chi connectivity index (χ4n) is 2.82. The van der Waals surface area contributed by atoms with Gasteiger partial charge in [-0.25, -0.2) is 9.97 Å². The molecule has 12 heteroatoms. The number of aliphatic hydroxyl groups is 1. The first kappa shape index (κ1) is 22.2. The number of carbonyl (C=O) groups is 2. The van der Waals surface area contributed by atoms with Crippen LogP contribution in [0.1, 0.15) is 28.9 Å². The highest BCUT2D eigenvalue weighted by atomic mass is 16.4. The molecule has 0 unspecified atom stereocenters. The van der Waals surface area contributed by atoms with Crippen molar-refractivity contribution >= 4 is 34.7 Å². The van der Waals surface area contributed by atoms with Crippen LogP contribution in [0.25, 0.3) is 11.2 Å². The summed E-state index contributed by atoms with van der Waals surface area (Å²) in [5.74, 6) is -1.87. The molecule has 32 heavy (non-hydrogen) atoms. The lowest BCUT2D eigenvalue weighted by atomic mass is 10.1. The molecule has 0 fully saturated rings. The summed E-state index contributed by atoms with van der Waals surface area (Å²) in [4.78, 5) is 49.6. The summed E-state index contributed by atoms with van der Waals surface area (Å²) in [5, 5.41) is 24.0. The van der Waals surface area contributed by atoms with E-state index >= 15 is 0 Å².